The zero-order chi connectivity index (χ0) is 19.0. The fourth-order valence-electron chi connectivity index (χ4n) is 2.66. The summed E-state index contributed by atoms with van der Waals surface area (Å²) in [6.07, 6.45) is -1.24. The molecule has 1 fully saturated rings. The van der Waals surface area contributed by atoms with E-state index in [0.29, 0.717) is 6.42 Å². The number of hydrogen-bond acceptors (Lipinski definition) is 10. The van der Waals surface area contributed by atoms with Gasteiger partial charge in [-0.3, -0.25) is 23.9 Å². The van der Waals surface area contributed by atoms with Crippen LogP contribution in [0.15, 0.2) is 9.59 Å². The van der Waals surface area contributed by atoms with Crippen LogP contribution >= 0.6 is 23.1 Å². The van der Waals surface area contributed by atoms with E-state index in [1.54, 1.807) is 6.92 Å². The molecule has 2 aromatic heterocycles. The number of nitrogens with two attached hydrogens (primary N) is 1. The highest BCUT2D eigenvalue weighted by molar-refractivity contribution is 8.00. The first-order chi connectivity index (χ1) is 12.3. The van der Waals surface area contributed by atoms with Crippen LogP contribution in [-0.4, -0.2) is 49.5 Å². The highest BCUT2D eigenvalue weighted by atomic mass is 32.2. The highest BCUT2D eigenvalue weighted by Gasteiger charge is 2.42. The molecule has 2 aromatic rings. The molecule has 0 radical (unpaired) electrons. The van der Waals surface area contributed by atoms with Crippen molar-refractivity contribution in [1.29, 1.82) is 0 Å². The number of aromatic amines is 1. The van der Waals surface area contributed by atoms with E-state index in [1.165, 1.54) is 23.4 Å². The van der Waals surface area contributed by atoms with Gasteiger partial charge in [-0.1, -0.05) is 18.3 Å². The molecular formula is C14H18N4O6S2. The number of nitrogens with zero attached hydrogens (tertiary/aromatic N) is 2. The van der Waals surface area contributed by atoms with Crippen molar-refractivity contribution in [1.82, 2.24) is 14.5 Å². The number of anilines is 1. The highest BCUT2D eigenvalue weighted by Crippen LogP contribution is 2.43. The number of thioether (sulfide) groups is 1. The van der Waals surface area contributed by atoms with Crippen LogP contribution in [-0.2, 0) is 14.3 Å². The van der Waals surface area contributed by atoms with Crippen molar-refractivity contribution in [2.24, 2.45) is 0 Å². The normalized spacial score (nSPS) is 24.0. The number of H-pyrrole nitrogens is 1. The molecule has 142 valence electrons. The van der Waals surface area contributed by atoms with E-state index in [9.17, 15) is 19.5 Å². The van der Waals surface area contributed by atoms with Crippen molar-refractivity contribution in [3.05, 3.63) is 20.0 Å². The lowest BCUT2D eigenvalue weighted by molar-refractivity contribution is -0.141. The minimum absolute atomic E-state index is 0.0266. The monoisotopic (exact) mass is 402 g/mol. The van der Waals surface area contributed by atoms with Gasteiger partial charge in [-0.15, -0.1) is 11.8 Å². The zero-order valence-electron chi connectivity index (χ0n) is 14.0. The maximum absolute atomic E-state index is 12.5. The summed E-state index contributed by atoms with van der Waals surface area (Å²) in [5.41, 5.74) is 4.55. The third kappa shape index (κ3) is 3.37. The van der Waals surface area contributed by atoms with Gasteiger partial charge >= 0.3 is 10.8 Å². The van der Waals surface area contributed by atoms with Crippen LogP contribution in [0.1, 0.15) is 26.0 Å². The summed E-state index contributed by atoms with van der Waals surface area (Å²) < 4.78 is 11.9. The van der Waals surface area contributed by atoms with Crippen molar-refractivity contribution in [3.63, 3.8) is 0 Å². The molecule has 3 heterocycles. The van der Waals surface area contributed by atoms with E-state index >= 15 is 0 Å². The summed E-state index contributed by atoms with van der Waals surface area (Å²) in [6, 6.07) is 0. The Morgan fingerprint density at radius 2 is 2.27 bits per heavy atom. The molecule has 1 aliphatic heterocycles. The number of esters is 1. The Balaban J connectivity index is 2.08. The van der Waals surface area contributed by atoms with E-state index in [4.69, 9.17) is 15.2 Å². The first kappa shape index (κ1) is 18.9. The second-order valence-corrected chi connectivity index (χ2v) is 7.97. The van der Waals surface area contributed by atoms with Gasteiger partial charge in [0.25, 0.3) is 5.56 Å². The number of hydrogen-bond donors (Lipinski definition) is 3. The number of fused-ring (bicyclic) bond motifs is 1. The molecule has 1 aliphatic rings. The molecule has 26 heavy (non-hydrogen) atoms. The maximum atomic E-state index is 12.5. The maximum Gasteiger partial charge on any atom is 0.311 e. The predicted octanol–water partition coefficient (Wildman–Crippen LogP) is 0.0192. The molecule has 0 spiro atoms. The van der Waals surface area contributed by atoms with Crippen LogP contribution in [0, 0.1) is 0 Å². The van der Waals surface area contributed by atoms with E-state index in [0.717, 1.165) is 11.3 Å². The molecule has 10 nitrogen and oxygen atoms in total. The number of nitrogen functional groups attached to an aromatic ring is 1. The molecule has 0 amide bonds. The summed E-state index contributed by atoms with van der Waals surface area (Å²) in [6.45, 7) is 1.80. The average molecular weight is 402 g/mol. The van der Waals surface area contributed by atoms with Crippen LogP contribution < -0.4 is 16.2 Å². The summed E-state index contributed by atoms with van der Waals surface area (Å²) in [5.74, 6) is -0.602. The SMILES string of the molecule is CCC(O)[C@H]1O[C@@H](n2c(=O)sc3c(=O)[nH]c(N)nc32)[C@H](CC(=O)OC)S1. The molecule has 4 atom stereocenters. The van der Waals surface area contributed by atoms with Crippen molar-refractivity contribution in [2.75, 3.05) is 12.8 Å². The molecule has 0 bridgehead atoms. The number of carbonyl (C=O) groups excluding carboxylic acids is 1. The first-order valence-electron chi connectivity index (χ1n) is 7.82. The predicted molar refractivity (Wildman–Crippen MR) is 97.1 cm³/mol. The van der Waals surface area contributed by atoms with E-state index in [2.05, 4.69) is 9.97 Å². The Hall–Kier alpha value is -1.89. The average Bonchev–Trinajstić information content (AvgIpc) is 3.14. The van der Waals surface area contributed by atoms with E-state index < -0.39 is 39.4 Å². The largest absolute Gasteiger partial charge is 0.469 e. The molecular weight excluding hydrogens is 384 g/mol. The van der Waals surface area contributed by atoms with Gasteiger partial charge in [0.05, 0.1) is 24.9 Å². The van der Waals surface area contributed by atoms with E-state index in [1.807, 2.05) is 0 Å². The lowest BCUT2D eigenvalue weighted by Gasteiger charge is -2.18. The number of aromatic nitrogens is 3. The summed E-state index contributed by atoms with van der Waals surface area (Å²) in [5, 5.41) is 9.62. The van der Waals surface area contributed by atoms with Gasteiger partial charge in [0.2, 0.25) is 5.95 Å². The third-order valence-electron chi connectivity index (χ3n) is 3.97. The minimum atomic E-state index is -0.889. The fraction of sp³-hybridized carbons (Fsp3) is 0.571. The van der Waals surface area contributed by atoms with Crippen LogP contribution in [0.2, 0.25) is 0 Å². The number of methoxy groups -OCH3 is 1. The lowest BCUT2D eigenvalue weighted by atomic mass is 10.2. The molecule has 1 saturated heterocycles. The van der Waals surface area contributed by atoms with Crippen molar-refractivity contribution < 1.29 is 19.4 Å². The van der Waals surface area contributed by atoms with Gasteiger partial charge in [0.15, 0.2) is 11.9 Å². The van der Waals surface area contributed by atoms with Gasteiger partial charge in [-0.05, 0) is 6.42 Å². The Kier molecular flexibility index (Phi) is 5.37. The molecule has 0 aromatic carbocycles. The van der Waals surface area contributed by atoms with Crippen LogP contribution in [0.5, 0.6) is 0 Å². The Morgan fingerprint density at radius 1 is 1.54 bits per heavy atom. The van der Waals surface area contributed by atoms with Gasteiger partial charge in [-0.25, -0.2) is 0 Å². The van der Waals surface area contributed by atoms with Crippen LogP contribution in [0.4, 0.5) is 5.95 Å². The Bertz CT molecular complexity index is 938. The number of nitrogens with one attached hydrogen (secondary N) is 1. The fourth-order valence-corrected chi connectivity index (χ4v) is 4.96. The van der Waals surface area contributed by atoms with Crippen molar-refractivity contribution >= 4 is 45.4 Å². The smallest absolute Gasteiger partial charge is 0.311 e. The van der Waals surface area contributed by atoms with Crippen LogP contribution in [0.3, 0.4) is 0 Å². The topological polar surface area (TPSA) is 150 Å². The number of carbonyl (C=O) groups is 1. The second-order valence-electron chi connectivity index (χ2n) is 5.67. The molecule has 4 N–H and O–H groups in total. The zero-order valence-corrected chi connectivity index (χ0v) is 15.6. The van der Waals surface area contributed by atoms with Crippen molar-refractivity contribution in [2.45, 2.75) is 42.8 Å². The Morgan fingerprint density at radius 3 is 2.92 bits per heavy atom. The van der Waals surface area contributed by atoms with Crippen LogP contribution in [0.25, 0.3) is 10.3 Å². The summed E-state index contributed by atoms with van der Waals surface area (Å²) in [7, 11) is 1.27. The third-order valence-corrected chi connectivity index (χ3v) is 6.36. The summed E-state index contributed by atoms with van der Waals surface area (Å²) >= 11 is 1.97. The second kappa shape index (κ2) is 7.39. The van der Waals surface area contributed by atoms with Crippen molar-refractivity contribution in [3.8, 4) is 0 Å². The number of rotatable bonds is 5. The minimum Gasteiger partial charge on any atom is -0.469 e. The quantitative estimate of drug-likeness (QED) is 0.588. The number of aliphatic hydroxyl groups excluding tert-OH is 1. The van der Waals surface area contributed by atoms with E-state index in [-0.39, 0.29) is 22.7 Å². The van der Waals surface area contributed by atoms with Gasteiger partial charge in [0.1, 0.15) is 10.1 Å². The molecule has 0 aliphatic carbocycles. The standard InChI is InChI=1S/C14H18N4O6S2/c1-3-5(19)12-24-11(6(25-12)4-7(20)23-2)18-9-8(26-14(18)22)10(21)17-13(15)16-9/h5-6,11-12,19H,3-4H2,1-2H3,(H3,15,16,17,21)/t5?,6-,11+,12-/m0/s1. The number of ether oxygens (including phenoxy) is 2. The number of aliphatic hydroxyl groups is 1. The number of thiazole rings is 1. The van der Waals surface area contributed by atoms with Gasteiger partial charge < -0.3 is 20.3 Å². The molecule has 12 heteroatoms. The first-order valence-corrected chi connectivity index (χ1v) is 9.58. The molecule has 1 unspecified atom stereocenters. The molecule has 3 rings (SSSR count). The Labute approximate surface area is 155 Å². The van der Waals surface area contributed by atoms with Gasteiger partial charge in [0, 0.05) is 0 Å². The lowest BCUT2D eigenvalue weighted by Crippen LogP contribution is -2.29. The molecule has 0 saturated carbocycles. The summed E-state index contributed by atoms with van der Waals surface area (Å²) in [4.78, 5) is 42.2. The van der Waals surface area contributed by atoms with Gasteiger partial charge in [-0.2, -0.15) is 4.98 Å².